The van der Waals surface area contributed by atoms with Crippen molar-refractivity contribution in [1.82, 2.24) is 14.7 Å². The van der Waals surface area contributed by atoms with Crippen LogP contribution < -0.4 is 11.1 Å². The van der Waals surface area contributed by atoms with Gasteiger partial charge in [0.15, 0.2) is 0 Å². The van der Waals surface area contributed by atoms with E-state index in [2.05, 4.69) is 17.0 Å². The number of aromatic nitrogens is 2. The van der Waals surface area contributed by atoms with E-state index in [0.29, 0.717) is 30.2 Å². The molecule has 120 valence electrons. The van der Waals surface area contributed by atoms with E-state index in [1.807, 2.05) is 7.05 Å². The van der Waals surface area contributed by atoms with Crippen molar-refractivity contribution >= 4 is 23.3 Å². The minimum Gasteiger partial charge on any atom is -0.343 e. The van der Waals surface area contributed by atoms with Crippen molar-refractivity contribution in [2.75, 3.05) is 11.9 Å². The van der Waals surface area contributed by atoms with Crippen molar-refractivity contribution in [3.8, 4) is 0 Å². The van der Waals surface area contributed by atoms with E-state index in [-0.39, 0.29) is 5.91 Å². The summed E-state index contributed by atoms with van der Waals surface area (Å²) in [6.45, 7) is 5.20. The monoisotopic (exact) mass is 331 g/mol. The molecule has 0 radical (unpaired) electrons. The molecule has 7 heteroatoms. The molecule has 0 saturated heterocycles. The molecule has 0 bridgehead atoms. The minimum atomic E-state index is -0.102. The van der Waals surface area contributed by atoms with Crippen LogP contribution in [0.15, 0.2) is 36.7 Å². The molecular formula is C16H18ClN5O. The summed E-state index contributed by atoms with van der Waals surface area (Å²) >= 11 is 6.16. The number of benzene rings is 1. The highest BCUT2D eigenvalue weighted by Crippen LogP contribution is 2.25. The van der Waals surface area contributed by atoms with Crippen LogP contribution in [0.1, 0.15) is 21.5 Å². The van der Waals surface area contributed by atoms with Crippen molar-refractivity contribution in [2.24, 2.45) is 12.8 Å². The van der Waals surface area contributed by atoms with Gasteiger partial charge in [-0.15, -0.1) is 0 Å². The van der Waals surface area contributed by atoms with Gasteiger partial charge in [-0.1, -0.05) is 24.2 Å². The van der Waals surface area contributed by atoms with Crippen LogP contribution in [0.3, 0.4) is 0 Å². The second kappa shape index (κ2) is 6.06. The minimum absolute atomic E-state index is 0.102. The molecule has 3 rings (SSSR count). The van der Waals surface area contributed by atoms with Gasteiger partial charge in [-0.3, -0.25) is 9.48 Å². The number of nitrogens with two attached hydrogens (primary N) is 1. The maximum atomic E-state index is 12.8. The van der Waals surface area contributed by atoms with Crippen molar-refractivity contribution in [1.29, 1.82) is 0 Å². The Labute approximate surface area is 139 Å². The van der Waals surface area contributed by atoms with Crippen LogP contribution in [0.4, 0.5) is 5.82 Å². The molecule has 2 heterocycles. The van der Waals surface area contributed by atoms with Crippen LogP contribution in [-0.4, -0.2) is 27.1 Å². The van der Waals surface area contributed by atoms with Crippen LogP contribution in [-0.2, 0) is 20.1 Å². The molecule has 0 aliphatic carbocycles. The van der Waals surface area contributed by atoms with Crippen molar-refractivity contribution < 1.29 is 4.79 Å². The quantitative estimate of drug-likeness (QED) is 0.883. The molecule has 2 aromatic rings. The van der Waals surface area contributed by atoms with E-state index in [1.54, 1.807) is 34.0 Å². The van der Waals surface area contributed by atoms with Gasteiger partial charge in [0.25, 0.3) is 5.91 Å². The summed E-state index contributed by atoms with van der Waals surface area (Å²) in [7, 11) is 1.85. The lowest BCUT2D eigenvalue weighted by molar-refractivity contribution is 0.0761. The second-order valence-electron chi connectivity index (χ2n) is 5.54. The molecule has 1 aromatic heterocycles. The van der Waals surface area contributed by atoms with E-state index in [4.69, 9.17) is 17.3 Å². The zero-order valence-corrected chi connectivity index (χ0v) is 13.6. The zero-order chi connectivity index (χ0) is 16.6. The van der Waals surface area contributed by atoms with E-state index in [0.717, 1.165) is 22.6 Å². The highest BCUT2D eigenvalue weighted by atomic mass is 35.5. The first-order valence-corrected chi connectivity index (χ1v) is 7.61. The molecule has 0 atom stereocenters. The van der Waals surface area contributed by atoms with E-state index in [9.17, 15) is 4.79 Å². The Morgan fingerprint density at radius 3 is 2.96 bits per heavy atom. The fraction of sp³-hybridized carbons (Fsp3) is 0.250. The summed E-state index contributed by atoms with van der Waals surface area (Å²) in [4.78, 5) is 14.5. The largest absolute Gasteiger partial charge is 0.343 e. The molecule has 3 N–H and O–H groups in total. The third kappa shape index (κ3) is 2.95. The van der Waals surface area contributed by atoms with Crippen LogP contribution in [0, 0.1) is 0 Å². The predicted molar refractivity (Wildman–Crippen MR) is 90.1 cm³/mol. The van der Waals surface area contributed by atoms with Gasteiger partial charge in [0.2, 0.25) is 0 Å². The number of anilines is 1. The molecule has 0 unspecified atom stereocenters. The summed E-state index contributed by atoms with van der Waals surface area (Å²) in [5, 5.41) is 7.93. The highest BCUT2D eigenvalue weighted by Gasteiger charge is 2.24. The highest BCUT2D eigenvalue weighted by molar-refractivity contribution is 6.31. The molecule has 1 aliphatic rings. The summed E-state index contributed by atoms with van der Waals surface area (Å²) in [5.74, 6) is 0.761. The van der Waals surface area contributed by atoms with Crippen LogP contribution in [0.25, 0.3) is 0 Å². The number of rotatable bonds is 2. The average molecular weight is 332 g/mol. The summed E-state index contributed by atoms with van der Waals surface area (Å²) < 4.78 is 1.74. The normalized spacial score (nSPS) is 14.2. The number of fused-ring (bicyclic) bond motifs is 1. The molecule has 0 spiro atoms. The Morgan fingerprint density at radius 2 is 2.26 bits per heavy atom. The topological polar surface area (TPSA) is 76.2 Å². The van der Waals surface area contributed by atoms with Crippen LogP contribution in [0.2, 0.25) is 5.02 Å². The fourth-order valence-electron chi connectivity index (χ4n) is 2.63. The van der Waals surface area contributed by atoms with Gasteiger partial charge in [-0.2, -0.15) is 5.10 Å². The maximum absolute atomic E-state index is 12.8. The molecule has 1 aliphatic heterocycles. The number of aryl methyl sites for hydroxylation is 1. The molecule has 6 nitrogen and oxygen atoms in total. The Balaban J connectivity index is 1.90. The first kappa shape index (κ1) is 15.6. The lowest BCUT2D eigenvalue weighted by atomic mass is 10.1. The van der Waals surface area contributed by atoms with E-state index < -0.39 is 0 Å². The maximum Gasteiger partial charge on any atom is 0.254 e. The lowest BCUT2D eigenvalue weighted by Crippen LogP contribution is -2.31. The molecular weight excluding hydrogens is 314 g/mol. The fourth-order valence-corrected chi connectivity index (χ4v) is 2.89. The molecule has 1 amide bonds. The Hall–Kier alpha value is -2.31. The zero-order valence-electron chi connectivity index (χ0n) is 12.8. The average Bonchev–Trinajstić information content (AvgIpc) is 2.77. The van der Waals surface area contributed by atoms with Gasteiger partial charge in [-0.25, -0.2) is 0 Å². The Morgan fingerprint density at radius 1 is 1.48 bits per heavy atom. The number of amides is 1. The molecule has 1 aromatic carbocycles. The van der Waals surface area contributed by atoms with Gasteiger partial charge in [0.05, 0.1) is 19.3 Å². The SMILES string of the molecule is C=C1CN(C(=O)c2ccc(CN)c(Cl)c2)Cc2cnn(C)c2N1. The van der Waals surface area contributed by atoms with Gasteiger partial charge in [0, 0.05) is 35.4 Å². The van der Waals surface area contributed by atoms with Crippen molar-refractivity contribution in [2.45, 2.75) is 13.1 Å². The molecule has 0 fully saturated rings. The van der Waals surface area contributed by atoms with Gasteiger partial charge in [-0.05, 0) is 17.7 Å². The summed E-state index contributed by atoms with van der Waals surface area (Å²) in [6.07, 6.45) is 1.76. The van der Waals surface area contributed by atoms with Gasteiger partial charge < -0.3 is 16.0 Å². The Bertz CT molecular complexity index is 783. The number of carbonyl (C=O) groups excluding carboxylic acids is 1. The molecule has 23 heavy (non-hydrogen) atoms. The van der Waals surface area contributed by atoms with Gasteiger partial charge in [0.1, 0.15) is 5.82 Å². The Kier molecular flexibility index (Phi) is 4.11. The predicted octanol–water partition coefficient (Wildman–Crippen LogP) is 2.11. The van der Waals surface area contributed by atoms with Gasteiger partial charge >= 0.3 is 0 Å². The van der Waals surface area contributed by atoms with E-state index >= 15 is 0 Å². The van der Waals surface area contributed by atoms with Crippen molar-refractivity contribution in [3.05, 3.63) is 58.4 Å². The van der Waals surface area contributed by atoms with Crippen molar-refractivity contribution in [3.63, 3.8) is 0 Å². The van der Waals surface area contributed by atoms with Crippen LogP contribution in [0.5, 0.6) is 0 Å². The summed E-state index contributed by atoms with van der Waals surface area (Å²) in [6, 6.07) is 5.20. The number of halogens is 1. The number of carbonyl (C=O) groups is 1. The summed E-state index contributed by atoms with van der Waals surface area (Å²) in [5.41, 5.74) is 8.65. The third-order valence-electron chi connectivity index (χ3n) is 3.86. The third-order valence-corrected chi connectivity index (χ3v) is 4.21. The standard InChI is InChI=1S/C16H18ClN5O/c1-10-8-22(9-13-7-19-21(2)15(13)20-10)16(23)11-3-4-12(6-18)14(17)5-11/h3-5,7,20H,1,6,8-9,18H2,2H3. The number of nitrogens with one attached hydrogen (secondary N) is 1. The van der Waals surface area contributed by atoms with Crippen LogP contribution >= 0.6 is 11.6 Å². The smallest absolute Gasteiger partial charge is 0.254 e. The second-order valence-corrected chi connectivity index (χ2v) is 5.95. The number of hydrogen-bond donors (Lipinski definition) is 2. The lowest BCUT2D eigenvalue weighted by Gasteiger charge is -2.21. The number of hydrogen-bond acceptors (Lipinski definition) is 4. The first-order valence-electron chi connectivity index (χ1n) is 7.23. The number of nitrogens with zero attached hydrogens (tertiary/aromatic N) is 3. The molecule has 0 saturated carbocycles. The van der Waals surface area contributed by atoms with E-state index in [1.165, 1.54) is 0 Å². The first-order chi connectivity index (χ1) is 11.0.